The van der Waals surface area contributed by atoms with Crippen LogP contribution >= 0.6 is 15.9 Å². The molecular formula is C24H30BrN3O4S. The summed E-state index contributed by atoms with van der Waals surface area (Å²) in [5.41, 5.74) is 1.25. The van der Waals surface area contributed by atoms with E-state index in [0.29, 0.717) is 5.69 Å². The van der Waals surface area contributed by atoms with Gasteiger partial charge in [-0.05, 0) is 49.6 Å². The summed E-state index contributed by atoms with van der Waals surface area (Å²) in [4.78, 5) is 27.9. The van der Waals surface area contributed by atoms with E-state index < -0.39 is 28.5 Å². The topological polar surface area (TPSA) is 86.8 Å². The first-order chi connectivity index (χ1) is 15.6. The second-order valence-electron chi connectivity index (χ2n) is 8.42. The highest BCUT2D eigenvalue weighted by atomic mass is 79.9. The Kier molecular flexibility index (Phi) is 8.53. The molecule has 3 rings (SSSR count). The van der Waals surface area contributed by atoms with Gasteiger partial charge in [-0.3, -0.25) is 13.9 Å². The fraction of sp³-hybridized carbons (Fsp3) is 0.417. The van der Waals surface area contributed by atoms with E-state index in [-0.39, 0.29) is 18.5 Å². The van der Waals surface area contributed by atoms with Gasteiger partial charge in [0, 0.05) is 17.1 Å². The van der Waals surface area contributed by atoms with E-state index in [4.69, 9.17) is 0 Å². The monoisotopic (exact) mass is 535 g/mol. The van der Waals surface area contributed by atoms with Crippen molar-refractivity contribution in [1.29, 1.82) is 0 Å². The van der Waals surface area contributed by atoms with Gasteiger partial charge in [0.1, 0.15) is 12.6 Å². The summed E-state index contributed by atoms with van der Waals surface area (Å²) in [5, 5.41) is 3.05. The molecule has 178 valence electrons. The zero-order chi connectivity index (χ0) is 24.0. The third-order valence-corrected chi connectivity index (χ3v) is 7.53. The van der Waals surface area contributed by atoms with Crippen LogP contribution in [0.3, 0.4) is 0 Å². The van der Waals surface area contributed by atoms with Gasteiger partial charge in [0.15, 0.2) is 0 Å². The van der Waals surface area contributed by atoms with Gasteiger partial charge in [-0.2, -0.15) is 0 Å². The Morgan fingerprint density at radius 3 is 2.24 bits per heavy atom. The summed E-state index contributed by atoms with van der Waals surface area (Å²) in [5.74, 6) is -0.665. The van der Waals surface area contributed by atoms with Crippen LogP contribution in [0.5, 0.6) is 0 Å². The molecule has 0 aromatic heterocycles. The van der Waals surface area contributed by atoms with Crippen LogP contribution in [-0.4, -0.2) is 50.0 Å². The molecule has 1 aliphatic rings. The van der Waals surface area contributed by atoms with Crippen molar-refractivity contribution in [2.75, 3.05) is 17.1 Å². The van der Waals surface area contributed by atoms with Crippen LogP contribution in [0.25, 0.3) is 0 Å². The number of rotatable bonds is 9. The second kappa shape index (κ2) is 11.2. The molecule has 0 aliphatic heterocycles. The lowest BCUT2D eigenvalue weighted by Crippen LogP contribution is -2.52. The smallest absolute Gasteiger partial charge is 0.244 e. The first-order valence-corrected chi connectivity index (χ1v) is 13.7. The highest BCUT2D eigenvalue weighted by Crippen LogP contribution is 2.22. The highest BCUT2D eigenvalue weighted by Gasteiger charge is 2.31. The van der Waals surface area contributed by atoms with Crippen LogP contribution in [0.15, 0.2) is 59.1 Å². The zero-order valence-corrected chi connectivity index (χ0v) is 21.3. The standard InChI is InChI=1S/C24H30BrN3O4S/c1-18(24(30)26-21-10-6-7-11-21)27(16-19-8-4-3-5-9-19)23(29)17-28(33(2,31)32)22-14-12-20(25)13-15-22/h3-5,8-9,12-15,18,21H,6-7,10-11,16-17H2,1-2H3,(H,26,30). The first-order valence-electron chi connectivity index (χ1n) is 11.0. The predicted octanol–water partition coefficient (Wildman–Crippen LogP) is 3.69. The molecule has 1 saturated carbocycles. The molecule has 0 heterocycles. The molecule has 1 fully saturated rings. The number of nitrogens with zero attached hydrogens (tertiary/aromatic N) is 2. The average molecular weight is 536 g/mol. The van der Waals surface area contributed by atoms with Crippen LogP contribution in [0.4, 0.5) is 5.69 Å². The summed E-state index contributed by atoms with van der Waals surface area (Å²) in [7, 11) is -3.73. The molecule has 1 atom stereocenters. The molecule has 0 spiro atoms. The maximum absolute atomic E-state index is 13.5. The molecule has 2 aromatic rings. The summed E-state index contributed by atoms with van der Waals surface area (Å²) >= 11 is 3.34. The van der Waals surface area contributed by atoms with Crippen LogP contribution in [-0.2, 0) is 26.2 Å². The molecule has 33 heavy (non-hydrogen) atoms. The minimum absolute atomic E-state index is 0.129. The normalized spacial score (nSPS) is 15.1. The number of halogens is 1. The fourth-order valence-electron chi connectivity index (χ4n) is 3.98. The summed E-state index contributed by atoms with van der Waals surface area (Å²) in [6.07, 6.45) is 5.12. The quantitative estimate of drug-likeness (QED) is 0.530. The van der Waals surface area contributed by atoms with Gasteiger partial charge < -0.3 is 10.2 Å². The van der Waals surface area contributed by atoms with Gasteiger partial charge in [0.2, 0.25) is 21.8 Å². The zero-order valence-electron chi connectivity index (χ0n) is 18.9. The maximum Gasteiger partial charge on any atom is 0.244 e. The number of anilines is 1. The van der Waals surface area contributed by atoms with Crippen molar-refractivity contribution in [3.8, 4) is 0 Å². The lowest BCUT2D eigenvalue weighted by atomic mass is 10.1. The van der Waals surface area contributed by atoms with E-state index in [2.05, 4.69) is 21.2 Å². The lowest BCUT2D eigenvalue weighted by Gasteiger charge is -2.32. The molecule has 1 aliphatic carbocycles. The Morgan fingerprint density at radius 2 is 1.67 bits per heavy atom. The Hall–Kier alpha value is -2.39. The Balaban J connectivity index is 1.84. The van der Waals surface area contributed by atoms with Crippen LogP contribution in [0.1, 0.15) is 38.2 Å². The largest absolute Gasteiger partial charge is 0.352 e. The number of carbonyl (C=O) groups is 2. The van der Waals surface area contributed by atoms with Gasteiger partial charge in [-0.1, -0.05) is 59.1 Å². The molecule has 0 bridgehead atoms. The minimum atomic E-state index is -3.73. The van der Waals surface area contributed by atoms with Crippen LogP contribution in [0.2, 0.25) is 0 Å². The molecule has 7 nitrogen and oxygen atoms in total. The minimum Gasteiger partial charge on any atom is -0.352 e. The third kappa shape index (κ3) is 7.04. The second-order valence-corrected chi connectivity index (χ2v) is 11.2. The summed E-state index contributed by atoms with van der Waals surface area (Å²) in [6.45, 7) is 1.50. The van der Waals surface area contributed by atoms with Crippen LogP contribution in [0, 0.1) is 0 Å². The van der Waals surface area contributed by atoms with E-state index in [1.807, 2.05) is 30.3 Å². The number of carbonyl (C=O) groups excluding carboxylic acids is 2. The number of benzene rings is 2. The molecule has 2 aromatic carbocycles. The molecule has 0 saturated heterocycles. The van der Waals surface area contributed by atoms with Gasteiger partial charge in [-0.25, -0.2) is 8.42 Å². The van der Waals surface area contributed by atoms with Crippen molar-refractivity contribution in [2.45, 2.75) is 51.2 Å². The van der Waals surface area contributed by atoms with Gasteiger partial charge >= 0.3 is 0 Å². The van der Waals surface area contributed by atoms with E-state index in [0.717, 1.165) is 46.3 Å². The highest BCUT2D eigenvalue weighted by molar-refractivity contribution is 9.10. The third-order valence-electron chi connectivity index (χ3n) is 5.86. The molecule has 1 N–H and O–H groups in total. The Bertz CT molecular complexity index is 1050. The number of amides is 2. The van der Waals surface area contributed by atoms with Crippen molar-refractivity contribution in [2.24, 2.45) is 0 Å². The molecule has 2 amide bonds. The van der Waals surface area contributed by atoms with Gasteiger partial charge in [0.25, 0.3) is 0 Å². The van der Waals surface area contributed by atoms with Crippen molar-refractivity contribution in [3.63, 3.8) is 0 Å². The SMILES string of the molecule is CC(C(=O)NC1CCCC1)N(Cc1ccccc1)C(=O)CN(c1ccc(Br)cc1)S(C)(=O)=O. The molecule has 1 unspecified atom stereocenters. The van der Waals surface area contributed by atoms with E-state index in [9.17, 15) is 18.0 Å². The van der Waals surface area contributed by atoms with Crippen LogP contribution < -0.4 is 9.62 Å². The molecule has 0 radical (unpaired) electrons. The van der Waals surface area contributed by atoms with Crippen molar-refractivity contribution >= 4 is 43.5 Å². The predicted molar refractivity (Wildman–Crippen MR) is 133 cm³/mol. The summed E-state index contributed by atoms with van der Waals surface area (Å²) in [6, 6.07) is 15.5. The van der Waals surface area contributed by atoms with Crippen molar-refractivity contribution < 1.29 is 18.0 Å². The first kappa shape index (κ1) is 25.2. The summed E-state index contributed by atoms with van der Waals surface area (Å²) < 4.78 is 26.9. The Labute approximate surface area is 204 Å². The maximum atomic E-state index is 13.5. The van der Waals surface area contributed by atoms with Crippen molar-refractivity contribution in [3.05, 3.63) is 64.6 Å². The van der Waals surface area contributed by atoms with E-state index in [1.165, 1.54) is 4.90 Å². The number of hydrogen-bond donors (Lipinski definition) is 1. The number of sulfonamides is 1. The molecular weight excluding hydrogens is 506 g/mol. The fourth-order valence-corrected chi connectivity index (χ4v) is 5.09. The Morgan fingerprint density at radius 1 is 1.06 bits per heavy atom. The number of hydrogen-bond acceptors (Lipinski definition) is 4. The number of nitrogens with one attached hydrogen (secondary N) is 1. The average Bonchev–Trinajstić information content (AvgIpc) is 3.29. The molecule has 9 heteroatoms. The van der Waals surface area contributed by atoms with Gasteiger partial charge in [-0.15, -0.1) is 0 Å². The van der Waals surface area contributed by atoms with E-state index >= 15 is 0 Å². The van der Waals surface area contributed by atoms with Gasteiger partial charge in [0.05, 0.1) is 11.9 Å². The van der Waals surface area contributed by atoms with Crippen molar-refractivity contribution in [1.82, 2.24) is 10.2 Å². The van der Waals surface area contributed by atoms with E-state index in [1.54, 1.807) is 31.2 Å². The lowest BCUT2D eigenvalue weighted by molar-refractivity contribution is -0.139.